The number of nitrogens with zero attached hydrogens (tertiary/aromatic N) is 8. The van der Waals surface area contributed by atoms with Gasteiger partial charge < -0.3 is 24.7 Å². The Morgan fingerprint density at radius 3 is 2.71 bits per heavy atom. The molecule has 4 aromatic rings. The van der Waals surface area contributed by atoms with Crippen LogP contribution in [0.25, 0.3) is 17.4 Å². The van der Waals surface area contributed by atoms with E-state index < -0.39 is 6.98 Å². The number of oxazole rings is 1. The van der Waals surface area contributed by atoms with Crippen LogP contribution in [0.2, 0.25) is 0 Å². The zero-order valence-electron chi connectivity index (χ0n) is 22.7. The van der Waals surface area contributed by atoms with Gasteiger partial charge in [-0.3, -0.25) is 4.90 Å². The Balaban J connectivity index is 1.23. The summed E-state index contributed by atoms with van der Waals surface area (Å²) >= 11 is 0. The number of aromatic nitrogens is 5. The number of nitrogen functional groups attached to an aromatic ring is 1. The molecule has 0 saturated carbocycles. The van der Waals surface area contributed by atoms with E-state index in [1.165, 1.54) is 21.9 Å². The molecule has 0 amide bonds. The van der Waals surface area contributed by atoms with Gasteiger partial charge in [-0.05, 0) is 30.7 Å². The molecule has 3 aromatic heterocycles. The molecule has 35 heavy (non-hydrogen) atoms. The summed E-state index contributed by atoms with van der Waals surface area (Å²) in [5, 5.41) is 4.27. The Hall–Kier alpha value is -3.86. The monoisotopic (exact) mass is 480 g/mol. The molecule has 1 aromatic carbocycles. The molecule has 1 saturated heterocycles. The van der Waals surface area contributed by atoms with Gasteiger partial charge in [-0.15, -0.1) is 5.10 Å². The molecular formula is C24H31N9O2. The first kappa shape index (κ1) is 19.4. The molecule has 2 N–H and O–H groups in total. The van der Waals surface area contributed by atoms with Crippen LogP contribution in [0.3, 0.4) is 0 Å². The molecule has 184 valence electrons. The van der Waals surface area contributed by atoms with Crippen LogP contribution >= 0.6 is 0 Å². The molecule has 11 heteroatoms. The van der Waals surface area contributed by atoms with Gasteiger partial charge in [-0.1, -0.05) is 6.92 Å². The lowest BCUT2D eigenvalue weighted by Gasteiger charge is -2.36. The summed E-state index contributed by atoms with van der Waals surface area (Å²) in [6.45, 7) is 4.55. The average molecular weight is 481 g/mol. The van der Waals surface area contributed by atoms with Crippen LogP contribution in [0.4, 0.5) is 17.5 Å². The molecule has 0 aliphatic carbocycles. The van der Waals surface area contributed by atoms with Gasteiger partial charge in [0.25, 0.3) is 5.89 Å². The van der Waals surface area contributed by atoms with Crippen molar-refractivity contribution in [3.63, 3.8) is 0 Å². The van der Waals surface area contributed by atoms with Crippen molar-refractivity contribution in [2.45, 2.75) is 13.3 Å². The van der Waals surface area contributed by atoms with Crippen molar-refractivity contribution < 1.29 is 13.3 Å². The van der Waals surface area contributed by atoms with Crippen LogP contribution in [0.1, 0.15) is 17.5 Å². The summed E-state index contributed by atoms with van der Waals surface area (Å²) in [5.74, 6) is 1.60. The van der Waals surface area contributed by atoms with E-state index in [9.17, 15) is 0 Å². The maximum Gasteiger partial charge on any atom is 0.266 e. The van der Waals surface area contributed by atoms with Crippen LogP contribution in [0.5, 0.6) is 5.75 Å². The zero-order chi connectivity index (χ0) is 26.7. The van der Waals surface area contributed by atoms with Crippen LogP contribution in [0, 0.1) is 0 Å². The standard InChI is InChI=1S/C24H31N9O2/c1-3-15-34-19-6-4-18(5-7-19)32-13-11-31(12-14-32)10-9-30(2)20-17-21-27-22(23-26-8-16-35-23)29-33(21)24(25)28-20/h4-8,16-17H,3,9-15H2,1-2H3,(H2,25,28)/i2D3. The number of fused-ring (bicyclic) bond motifs is 1. The normalized spacial score (nSPS) is 16.1. The summed E-state index contributed by atoms with van der Waals surface area (Å²) in [6, 6.07) is 9.74. The average Bonchev–Trinajstić information content (AvgIpc) is 3.58. The Morgan fingerprint density at radius 1 is 1.17 bits per heavy atom. The van der Waals surface area contributed by atoms with E-state index in [2.05, 4.69) is 48.9 Å². The molecule has 4 heterocycles. The molecule has 0 bridgehead atoms. The maximum atomic E-state index is 8.12. The van der Waals surface area contributed by atoms with Gasteiger partial charge >= 0.3 is 0 Å². The van der Waals surface area contributed by atoms with Crippen LogP contribution in [-0.2, 0) is 0 Å². The number of rotatable bonds is 9. The number of nitrogens with two attached hydrogens (primary N) is 1. The second-order valence-corrected chi connectivity index (χ2v) is 8.34. The highest BCUT2D eigenvalue weighted by molar-refractivity contribution is 5.58. The first-order chi connectivity index (χ1) is 18.3. The van der Waals surface area contributed by atoms with Gasteiger partial charge in [-0.2, -0.15) is 9.50 Å². The largest absolute Gasteiger partial charge is 0.494 e. The summed E-state index contributed by atoms with van der Waals surface area (Å²) in [4.78, 5) is 18.6. The van der Waals surface area contributed by atoms with Crippen LogP contribution in [-0.4, -0.2) is 82.3 Å². The summed E-state index contributed by atoms with van der Waals surface area (Å²) in [6.07, 6.45) is 3.89. The minimum absolute atomic E-state index is 0.0248. The van der Waals surface area contributed by atoms with E-state index in [1.807, 2.05) is 12.1 Å². The fourth-order valence-electron chi connectivity index (χ4n) is 4.02. The lowest BCUT2D eigenvalue weighted by molar-refractivity contribution is 0.263. The molecule has 5 rings (SSSR count). The van der Waals surface area contributed by atoms with Crippen molar-refractivity contribution in [1.29, 1.82) is 0 Å². The molecule has 1 aliphatic rings. The third-order valence-corrected chi connectivity index (χ3v) is 5.92. The number of hydrogen-bond acceptors (Lipinski definition) is 10. The van der Waals surface area contributed by atoms with Gasteiger partial charge in [0.15, 0.2) is 5.65 Å². The number of benzene rings is 1. The number of likely N-dealkylation sites (N-methyl/N-ethyl adjacent to an activating group) is 1. The van der Waals surface area contributed by atoms with Crippen molar-refractivity contribution in [2.75, 3.05) is 68.4 Å². The van der Waals surface area contributed by atoms with Crippen LogP contribution in [0.15, 0.2) is 47.2 Å². The zero-order valence-corrected chi connectivity index (χ0v) is 19.7. The van der Waals surface area contributed by atoms with Gasteiger partial charge in [0.1, 0.15) is 17.8 Å². The second-order valence-electron chi connectivity index (χ2n) is 8.34. The molecule has 0 spiro atoms. The lowest BCUT2D eigenvalue weighted by Crippen LogP contribution is -2.48. The lowest BCUT2D eigenvalue weighted by atomic mass is 10.2. The SMILES string of the molecule is [2H]C([2H])([2H])N(CCN1CCN(c2ccc(OCCC)cc2)CC1)c1cc2nc(-c3ncco3)nn2c(N)n1. The highest BCUT2D eigenvalue weighted by atomic mass is 16.5. The molecule has 11 nitrogen and oxygen atoms in total. The van der Waals surface area contributed by atoms with Crippen molar-refractivity contribution in [1.82, 2.24) is 29.5 Å². The van der Waals surface area contributed by atoms with E-state index in [4.69, 9.17) is 19.0 Å². The Labute approximate surface area is 208 Å². The van der Waals surface area contributed by atoms with Crippen molar-refractivity contribution in [3.8, 4) is 17.5 Å². The number of ether oxygens (including phenoxy) is 1. The van der Waals surface area contributed by atoms with Crippen molar-refractivity contribution in [3.05, 3.63) is 42.8 Å². The molecule has 0 atom stereocenters. The summed E-state index contributed by atoms with van der Waals surface area (Å²) in [7, 11) is 0. The number of piperazine rings is 1. The first-order valence-corrected chi connectivity index (χ1v) is 11.7. The number of hydrogen-bond donors (Lipinski definition) is 1. The second kappa shape index (κ2) is 10.2. The Morgan fingerprint density at radius 2 is 2.00 bits per heavy atom. The molecule has 1 fully saturated rings. The highest BCUT2D eigenvalue weighted by Crippen LogP contribution is 2.22. The van der Waals surface area contributed by atoms with E-state index in [-0.39, 0.29) is 30.0 Å². The molecule has 0 radical (unpaired) electrons. The predicted octanol–water partition coefficient (Wildman–Crippen LogP) is 2.41. The smallest absolute Gasteiger partial charge is 0.266 e. The third kappa shape index (κ3) is 5.14. The fraction of sp³-hybridized carbons (Fsp3) is 0.417. The topological polar surface area (TPSA) is 114 Å². The quantitative estimate of drug-likeness (QED) is 0.383. The minimum Gasteiger partial charge on any atom is -0.494 e. The van der Waals surface area contributed by atoms with Crippen molar-refractivity contribution >= 4 is 23.1 Å². The van der Waals surface area contributed by atoms with Gasteiger partial charge in [0, 0.05) is 62.1 Å². The van der Waals surface area contributed by atoms with Crippen LogP contribution < -0.4 is 20.3 Å². The van der Waals surface area contributed by atoms with Gasteiger partial charge in [0.2, 0.25) is 11.8 Å². The Bertz CT molecular complexity index is 1330. The Kier molecular flexibility index (Phi) is 5.66. The highest BCUT2D eigenvalue weighted by Gasteiger charge is 2.19. The molecule has 1 aliphatic heterocycles. The van der Waals surface area contributed by atoms with Gasteiger partial charge in [-0.25, -0.2) is 9.97 Å². The molecular weight excluding hydrogens is 446 g/mol. The molecule has 0 unspecified atom stereocenters. The fourth-order valence-corrected chi connectivity index (χ4v) is 4.02. The van der Waals surface area contributed by atoms with E-state index in [0.717, 1.165) is 44.0 Å². The summed E-state index contributed by atoms with van der Waals surface area (Å²) in [5.41, 5.74) is 7.62. The predicted molar refractivity (Wildman–Crippen MR) is 135 cm³/mol. The minimum atomic E-state index is -2.41. The van der Waals surface area contributed by atoms with E-state index in [0.29, 0.717) is 18.8 Å². The summed E-state index contributed by atoms with van der Waals surface area (Å²) < 4.78 is 36.6. The van der Waals surface area contributed by atoms with Gasteiger partial charge in [0.05, 0.1) is 12.8 Å². The van der Waals surface area contributed by atoms with E-state index >= 15 is 0 Å². The van der Waals surface area contributed by atoms with E-state index in [1.54, 1.807) is 6.07 Å². The maximum absolute atomic E-state index is 8.12. The first-order valence-electron chi connectivity index (χ1n) is 13.2. The third-order valence-electron chi connectivity index (χ3n) is 5.92. The van der Waals surface area contributed by atoms with Crippen molar-refractivity contribution in [2.24, 2.45) is 0 Å². The number of anilines is 3.